The number of rotatable bonds is 5. The van der Waals surface area contributed by atoms with Crippen molar-refractivity contribution in [2.75, 3.05) is 5.32 Å². The number of anilines is 1. The molecule has 5 aromatic rings. The van der Waals surface area contributed by atoms with E-state index in [1.165, 1.54) is 12.1 Å². The van der Waals surface area contributed by atoms with Gasteiger partial charge in [0.2, 0.25) is 17.7 Å². The normalized spacial score (nSPS) is 11.6. The standard InChI is InChI=1S/C25H17F3N4O2/c26-25(27,28)17-10-12-18(13-11-17)29-22(33)15-32-14-20(19-8-4-5-9-21(19)32)24-31-30-23(34-24)16-6-2-1-3-7-16/h1-14H,15H2,(H,29,33). The van der Waals surface area contributed by atoms with Crippen LogP contribution in [0.15, 0.2) is 89.5 Å². The predicted octanol–water partition coefficient (Wildman–Crippen LogP) is 6.02. The van der Waals surface area contributed by atoms with Gasteiger partial charge in [0, 0.05) is 28.4 Å². The van der Waals surface area contributed by atoms with Crippen molar-refractivity contribution >= 4 is 22.5 Å². The molecule has 3 aromatic carbocycles. The Hall–Kier alpha value is -4.40. The fourth-order valence-electron chi connectivity index (χ4n) is 3.68. The molecule has 1 amide bonds. The van der Waals surface area contributed by atoms with Crippen LogP contribution in [0.1, 0.15) is 5.56 Å². The molecule has 170 valence electrons. The van der Waals surface area contributed by atoms with Crippen LogP contribution in [0.25, 0.3) is 33.8 Å². The molecule has 2 heterocycles. The Morgan fingerprint density at radius 2 is 1.56 bits per heavy atom. The van der Waals surface area contributed by atoms with E-state index in [1.807, 2.05) is 54.6 Å². The third-order valence-corrected chi connectivity index (χ3v) is 5.27. The highest BCUT2D eigenvalue weighted by Crippen LogP contribution is 2.32. The maximum absolute atomic E-state index is 12.8. The number of para-hydroxylation sites is 1. The van der Waals surface area contributed by atoms with E-state index in [4.69, 9.17) is 4.42 Å². The molecule has 0 atom stereocenters. The van der Waals surface area contributed by atoms with Crippen molar-refractivity contribution in [1.29, 1.82) is 0 Å². The summed E-state index contributed by atoms with van der Waals surface area (Å²) in [5.41, 5.74) is 1.74. The Morgan fingerprint density at radius 3 is 2.29 bits per heavy atom. The molecule has 0 aliphatic heterocycles. The number of carbonyl (C=O) groups is 1. The Kier molecular flexibility index (Phi) is 5.37. The van der Waals surface area contributed by atoms with E-state index in [0.29, 0.717) is 17.3 Å². The second kappa shape index (κ2) is 8.51. The molecule has 0 fully saturated rings. The summed E-state index contributed by atoms with van der Waals surface area (Å²) >= 11 is 0. The first-order valence-electron chi connectivity index (χ1n) is 10.3. The molecule has 5 rings (SSSR count). The zero-order chi connectivity index (χ0) is 23.7. The van der Waals surface area contributed by atoms with Crippen molar-refractivity contribution in [2.24, 2.45) is 0 Å². The third-order valence-electron chi connectivity index (χ3n) is 5.27. The number of nitrogens with zero attached hydrogens (tertiary/aromatic N) is 3. The van der Waals surface area contributed by atoms with Gasteiger partial charge in [-0.3, -0.25) is 4.79 Å². The van der Waals surface area contributed by atoms with Crippen LogP contribution in [0.5, 0.6) is 0 Å². The quantitative estimate of drug-likeness (QED) is 0.347. The van der Waals surface area contributed by atoms with Gasteiger partial charge in [0.1, 0.15) is 6.54 Å². The van der Waals surface area contributed by atoms with E-state index in [1.54, 1.807) is 10.8 Å². The average Bonchev–Trinajstić information content (AvgIpc) is 3.45. The molecule has 0 saturated carbocycles. The number of amides is 1. The van der Waals surface area contributed by atoms with Crippen LogP contribution in [-0.4, -0.2) is 20.7 Å². The summed E-state index contributed by atoms with van der Waals surface area (Å²) in [5, 5.41) is 11.8. The van der Waals surface area contributed by atoms with Crippen molar-refractivity contribution < 1.29 is 22.4 Å². The summed E-state index contributed by atoms with van der Waals surface area (Å²) in [6.07, 6.45) is -2.68. The second-order valence-corrected chi connectivity index (χ2v) is 7.59. The Morgan fingerprint density at radius 1 is 0.882 bits per heavy atom. The molecule has 34 heavy (non-hydrogen) atoms. The molecule has 9 heteroatoms. The van der Waals surface area contributed by atoms with Gasteiger partial charge in [0.25, 0.3) is 0 Å². The Bertz CT molecular complexity index is 1460. The number of hydrogen-bond donors (Lipinski definition) is 1. The van der Waals surface area contributed by atoms with E-state index in [9.17, 15) is 18.0 Å². The van der Waals surface area contributed by atoms with Crippen molar-refractivity contribution in [3.63, 3.8) is 0 Å². The summed E-state index contributed by atoms with van der Waals surface area (Å²) in [4.78, 5) is 12.6. The molecule has 0 saturated heterocycles. The molecule has 1 N–H and O–H groups in total. The average molecular weight is 462 g/mol. The van der Waals surface area contributed by atoms with Gasteiger partial charge in [-0.2, -0.15) is 13.2 Å². The lowest BCUT2D eigenvalue weighted by Crippen LogP contribution is -2.18. The molecule has 6 nitrogen and oxygen atoms in total. The number of carbonyl (C=O) groups excluding carboxylic acids is 1. The number of aromatic nitrogens is 3. The van der Waals surface area contributed by atoms with Gasteiger partial charge in [-0.05, 0) is 42.5 Å². The summed E-state index contributed by atoms with van der Waals surface area (Å²) in [7, 11) is 0. The molecular formula is C25H17F3N4O2. The van der Waals surface area contributed by atoms with Crippen molar-refractivity contribution in [2.45, 2.75) is 12.7 Å². The number of fused-ring (bicyclic) bond motifs is 1. The number of halogens is 3. The van der Waals surface area contributed by atoms with Gasteiger partial charge in [-0.25, -0.2) is 0 Å². The fourth-order valence-corrected chi connectivity index (χ4v) is 3.68. The van der Waals surface area contributed by atoms with Gasteiger partial charge < -0.3 is 14.3 Å². The highest BCUT2D eigenvalue weighted by Gasteiger charge is 2.30. The van der Waals surface area contributed by atoms with Crippen LogP contribution >= 0.6 is 0 Å². The maximum atomic E-state index is 12.8. The fraction of sp³-hybridized carbons (Fsp3) is 0.0800. The van der Waals surface area contributed by atoms with E-state index in [0.717, 1.165) is 28.6 Å². The van der Waals surface area contributed by atoms with Crippen LogP contribution < -0.4 is 5.32 Å². The van der Waals surface area contributed by atoms with Crippen molar-refractivity contribution in [3.05, 3.63) is 90.6 Å². The highest BCUT2D eigenvalue weighted by atomic mass is 19.4. The Labute approximate surface area is 191 Å². The molecular weight excluding hydrogens is 445 g/mol. The minimum atomic E-state index is -4.43. The Balaban J connectivity index is 1.40. The van der Waals surface area contributed by atoms with Crippen LogP contribution in [0, 0.1) is 0 Å². The number of alkyl halides is 3. The lowest BCUT2D eigenvalue weighted by atomic mass is 10.2. The van der Waals surface area contributed by atoms with Gasteiger partial charge in [0.15, 0.2) is 0 Å². The van der Waals surface area contributed by atoms with Crippen molar-refractivity contribution in [3.8, 4) is 22.9 Å². The zero-order valence-corrected chi connectivity index (χ0v) is 17.6. The third kappa shape index (κ3) is 4.27. The summed E-state index contributed by atoms with van der Waals surface area (Å²) in [5.74, 6) is 0.312. The smallest absolute Gasteiger partial charge is 0.416 e. The topological polar surface area (TPSA) is 73.0 Å². The predicted molar refractivity (Wildman–Crippen MR) is 121 cm³/mol. The maximum Gasteiger partial charge on any atom is 0.416 e. The van der Waals surface area contributed by atoms with E-state index in [-0.39, 0.29) is 18.1 Å². The van der Waals surface area contributed by atoms with Gasteiger partial charge in [-0.15, -0.1) is 10.2 Å². The summed E-state index contributed by atoms with van der Waals surface area (Å²) in [6.45, 7) is -0.0544. The van der Waals surface area contributed by atoms with Crippen molar-refractivity contribution in [1.82, 2.24) is 14.8 Å². The number of nitrogens with one attached hydrogen (secondary N) is 1. The van der Waals surface area contributed by atoms with Crippen LogP contribution in [0.4, 0.5) is 18.9 Å². The summed E-state index contributed by atoms with van der Waals surface area (Å²) in [6, 6.07) is 21.2. The van der Waals surface area contributed by atoms with Gasteiger partial charge in [0.05, 0.1) is 11.1 Å². The molecule has 0 aliphatic rings. The minimum Gasteiger partial charge on any atom is -0.416 e. The molecule has 0 unspecified atom stereocenters. The SMILES string of the molecule is O=C(Cn1cc(-c2nnc(-c3ccccc3)o2)c2ccccc21)Nc1ccc(C(F)(F)F)cc1. The lowest BCUT2D eigenvalue weighted by Gasteiger charge is -2.09. The monoisotopic (exact) mass is 462 g/mol. The van der Waals surface area contributed by atoms with Crippen LogP contribution in [0.2, 0.25) is 0 Å². The highest BCUT2D eigenvalue weighted by molar-refractivity contribution is 5.96. The molecule has 0 spiro atoms. The van der Waals surface area contributed by atoms with E-state index in [2.05, 4.69) is 15.5 Å². The first kappa shape index (κ1) is 21.4. The van der Waals surface area contributed by atoms with Crippen LogP contribution in [-0.2, 0) is 17.5 Å². The molecule has 2 aromatic heterocycles. The first-order valence-corrected chi connectivity index (χ1v) is 10.3. The zero-order valence-electron chi connectivity index (χ0n) is 17.6. The van der Waals surface area contributed by atoms with E-state index >= 15 is 0 Å². The molecule has 0 aliphatic carbocycles. The molecule has 0 bridgehead atoms. The van der Waals surface area contributed by atoms with Crippen LogP contribution in [0.3, 0.4) is 0 Å². The van der Waals surface area contributed by atoms with E-state index < -0.39 is 11.7 Å². The van der Waals surface area contributed by atoms with Gasteiger partial charge >= 0.3 is 6.18 Å². The first-order chi connectivity index (χ1) is 16.4. The largest absolute Gasteiger partial charge is 0.416 e. The lowest BCUT2D eigenvalue weighted by molar-refractivity contribution is -0.137. The van der Waals surface area contributed by atoms with Gasteiger partial charge in [-0.1, -0.05) is 36.4 Å². The molecule has 0 radical (unpaired) electrons. The second-order valence-electron chi connectivity index (χ2n) is 7.59. The number of benzene rings is 3. The minimum absolute atomic E-state index is 0.0544. The summed E-state index contributed by atoms with van der Waals surface area (Å²) < 4.78 is 45.9. The number of hydrogen-bond acceptors (Lipinski definition) is 4.